The summed E-state index contributed by atoms with van der Waals surface area (Å²) in [6.07, 6.45) is -4.49. The first-order chi connectivity index (χ1) is 26.7. The molecule has 0 aliphatic carbocycles. The molecule has 2 rings (SSSR count). The van der Waals surface area contributed by atoms with Crippen LogP contribution in [0.5, 0.6) is 0 Å². The number of para-hydroxylation sites is 1. The van der Waals surface area contributed by atoms with E-state index in [0.29, 0.717) is 98.2 Å². The Kier molecular flexibility index (Phi) is 26.0. The van der Waals surface area contributed by atoms with Crippen molar-refractivity contribution in [2.75, 3.05) is 137 Å². The van der Waals surface area contributed by atoms with Crippen LogP contribution in [0.1, 0.15) is 15.9 Å². The van der Waals surface area contributed by atoms with Gasteiger partial charge < -0.3 is 63.1 Å². The number of halogens is 3. The van der Waals surface area contributed by atoms with Crippen LogP contribution in [0.4, 0.5) is 24.5 Å². The molecule has 0 saturated heterocycles. The molecular formula is C36H51F3N2O14. The first-order valence-corrected chi connectivity index (χ1v) is 17.6. The predicted molar refractivity (Wildman–Crippen MR) is 189 cm³/mol. The molecule has 2 aromatic carbocycles. The largest absolute Gasteiger partial charge is 0.480 e. The van der Waals surface area contributed by atoms with E-state index in [9.17, 15) is 27.6 Å². The van der Waals surface area contributed by atoms with Crippen LogP contribution in [-0.4, -0.2) is 155 Å². The Hall–Kier alpha value is -3.92. The number of nitrogens with one attached hydrogen (secondary N) is 2. The van der Waals surface area contributed by atoms with Crippen LogP contribution in [-0.2, 0) is 63.1 Å². The highest BCUT2D eigenvalue weighted by Gasteiger charge is 2.30. The van der Waals surface area contributed by atoms with E-state index in [-0.39, 0.29) is 44.2 Å². The molecule has 0 saturated carbocycles. The Morgan fingerprint density at radius 1 is 0.564 bits per heavy atom. The number of carboxylic acids is 1. The molecule has 0 aromatic heterocycles. The summed E-state index contributed by atoms with van der Waals surface area (Å²) < 4.78 is 92.4. The van der Waals surface area contributed by atoms with Gasteiger partial charge in [0.25, 0.3) is 0 Å². The maximum absolute atomic E-state index is 13.0. The van der Waals surface area contributed by atoms with Crippen LogP contribution in [0.15, 0.2) is 48.5 Å². The average Bonchev–Trinajstić information content (AvgIpc) is 3.15. The summed E-state index contributed by atoms with van der Waals surface area (Å²) in [5.74, 6) is -2.19. The topological polar surface area (TPSA) is 188 Å². The lowest BCUT2D eigenvalue weighted by Gasteiger charge is -2.13. The lowest BCUT2D eigenvalue weighted by Crippen LogP contribution is -2.31. The van der Waals surface area contributed by atoms with Gasteiger partial charge >= 0.3 is 18.1 Å². The second-order valence-electron chi connectivity index (χ2n) is 11.0. The van der Waals surface area contributed by atoms with Gasteiger partial charge in [0.1, 0.15) is 19.8 Å². The number of ether oxygens (including phenoxy) is 10. The number of carbonyl (C=O) groups is 3. The third-order valence-corrected chi connectivity index (χ3v) is 6.71. The second-order valence-corrected chi connectivity index (χ2v) is 11.0. The van der Waals surface area contributed by atoms with E-state index < -0.39 is 36.2 Å². The van der Waals surface area contributed by atoms with Crippen LogP contribution >= 0.6 is 0 Å². The average molecular weight is 793 g/mol. The SMILES string of the molecule is O=C(O)COCC(=O)NCCOCCOCCOCCOCCOCCOCCOCCOCCOC(=O)c1ccccc1Nc1cccc(C(F)(F)F)c1. The van der Waals surface area contributed by atoms with Gasteiger partial charge in [-0.25, -0.2) is 9.59 Å². The lowest BCUT2D eigenvalue weighted by molar-refractivity contribution is -0.143. The summed E-state index contributed by atoms with van der Waals surface area (Å²) in [6.45, 7) is 5.24. The van der Waals surface area contributed by atoms with Crippen molar-refractivity contribution < 1.29 is 80.0 Å². The van der Waals surface area contributed by atoms with Crippen molar-refractivity contribution in [3.05, 3.63) is 59.7 Å². The number of alkyl halides is 3. The number of hydrogen-bond acceptors (Lipinski definition) is 14. The predicted octanol–water partition coefficient (Wildman–Crippen LogP) is 2.96. The summed E-state index contributed by atoms with van der Waals surface area (Å²) in [5.41, 5.74) is -0.130. The molecule has 0 atom stereocenters. The molecule has 0 spiro atoms. The fourth-order valence-corrected chi connectivity index (χ4v) is 4.16. The Labute approximate surface area is 317 Å². The second kappa shape index (κ2) is 30.3. The first-order valence-electron chi connectivity index (χ1n) is 17.6. The molecule has 55 heavy (non-hydrogen) atoms. The minimum absolute atomic E-state index is 0.0151. The lowest BCUT2D eigenvalue weighted by atomic mass is 10.1. The standard InChI is InChI=1S/C36H51F3N2O14/c37-36(38,39)29-4-3-5-30(26-29)41-32-7-2-1-6-31(32)35(45)55-25-24-53-23-22-52-21-20-51-19-18-50-17-16-49-15-14-48-13-12-47-11-10-46-9-8-40-33(42)27-54-28-34(43)44/h1-7,26,41H,8-25,27-28H2,(H,40,42)(H,43,44). The third kappa shape index (κ3) is 25.0. The molecule has 0 unspecified atom stereocenters. The summed E-state index contributed by atoms with van der Waals surface area (Å²) in [7, 11) is 0. The number of aliphatic carboxylic acids is 1. The fraction of sp³-hybridized carbons (Fsp3) is 0.583. The molecule has 0 heterocycles. The molecule has 19 heteroatoms. The van der Waals surface area contributed by atoms with Crippen LogP contribution in [0, 0.1) is 0 Å². The highest BCUT2D eigenvalue weighted by atomic mass is 19.4. The van der Waals surface area contributed by atoms with Crippen LogP contribution in [0.2, 0.25) is 0 Å². The zero-order valence-electron chi connectivity index (χ0n) is 30.6. The molecule has 0 fully saturated rings. The number of rotatable bonds is 34. The van der Waals surface area contributed by atoms with Crippen LogP contribution in [0.3, 0.4) is 0 Å². The van der Waals surface area contributed by atoms with Gasteiger partial charge in [-0.3, -0.25) is 4.79 Å². The number of benzene rings is 2. The molecular weight excluding hydrogens is 741 g/mol. The Morgan fingerprint density at radius 2 is 1.04 bits per heavy atom. The number of carboxylic acid groups (broad SMARTS) is 1. The molecule has 1 amide bonds. The third-order valence-electron chi connectivity index (χ3n) is 6.71. The highest BCUT2D eigenvalue weighted by molar-refractivity contribution is 5.96. The molecule has 0 bridgehead atoms. The van der Waals surface area contributed by atoms with Crippen LogP contribution < -0.4 is 10.6 Å². The van der Waals surface area contributed by atoms with Gasteiger partial charge in [-0.2, -0.15) is 13.2 Å². The van der Waals surface area contributed by atoms with Crippen molar-refractivity contribution in [3.63, 3.8) is 0 Å². The zero-order valence-corrected chi connectivity index (χ0v) is 30.6. The number of esters is 1. The molecule has 0 aliphatic rings. The van der Waals surface area contributed by atoms with Crippen molar-refractivity contribution >= 4 is 29.2 Å². The van der Waals surface area contributed by atoms with Gasteiger partial charge in [0.05, 0.1) is 123 Å². The van der Waals surface area contributed by atoms with Crippen molar-refractivity contribution in [3.8, 4) is 0 Å². The summed E-state index contributed by atoms with van der Waals surface area (Å²) in [5, 5.41) is 13.8. The highest BCUT2D eigenvalue weighted by Crippen LogP contribution is 2.32. The first kappa shape index (κ1) is 47.2. The summed E-state index contributed by atoms with van der Waals surface area (Å²) in [4.78, 5) is 34.2. The Morgan fingerprint density at radius 3 is 1.53 bits per heavy atom. The molecule has 0 radical (unpaired) electrons. The van der Waals surface area contributed by atoms with E-state index in [1.165, 1.54) is 18.2 Å². The van der Waals surface area contributed by atoms with E-state index in [1.54, 1.807) is 18.2 Å². The smallest absolute Gasteiger partial charge is 0.416 e. The van der Waals surface area contributed by atoms with Gasteiger partial charge in [-0.15, -0.1) is 0 Å². The van der Waals surface area contributed by atoms with Gasteiger partial charge in [-0.05, 0) is 30.3 Å². The van der Waals surface area contributed by atoms with E-state index in [0.717, 1.165) is 12.1 Å². The number of carbonyl (C=O) groups excluding carboxylic acids is 2. The maximum atomic E-state index is 13.0. The monoisotopic (exact) mass is 792 g/mol. The van der Waals surface area contributed by atoms with E-state index >= 15 is 0 Å². The van der Waals surface area contributed by atoms with Gasteiger partial charge in [0.2, 0.25) is 5.91 Å². The molecule has 3 N–H and O–H groups in total. The van der Waals surface area contributed by atoms with Crippen molar-refractivity contribution in [2.45, 2.75) is 6.18 Å². The molecule has 310 valence electrons. The fourth-order valence-electron chi connectivity index (χ4n) is 4.16. The minimum atomic E-state index is -4.49. The van der Waals surface area contributed by atoms with E-state index in [2.05, 4.69) is 15.4 Å². The van der Waals surface area contributed by atoms with Crippen molar-refractivity contribution in [2.24, 2.45) is 0 Å². The number of hydrogen-bond donors (Lipinski definition) is 3. The minimum Gasteiger partial charge on any atom is -0.480 e. The van der Waals surface area contributed by atoms with E-state index in [1.807, 2.05) is 0 Å². The van der Waals surface area contributed by atoms with Gasteiger partial charge in [-0.1, -0.05) is 18.2 Å². The summed E-state index contributed by atoms with van der Waals surface area (Å²) in [6, 6.07) is 11.1. The van der Waals surface area contributed by atoms with Crippen molar-refractivity contribution in [1.29, 1.82) is 0 Å². The number of anilines is 2. The Balaban J connectivity index is 1.30. The van der Waals surface area contributed by atoms with Gasteiger partial charge in [0.15, 0.2) is 0 Å². The van der Waals surface area contributed by atoms with Crippen molar-refractivity contribution in [1.82, 2.24) is 5.32 Å². The molecule has 16 nitrogen and oxygen atoms in total. The molecule has 2 aromatic rings. The Bertz CT molecular complexity index is 1340. The van der Waals surface area contributed by atoms with Crippen LogP contribution in [0.25, 0.3) is 0 Å². The quantitative estimate of drug-likeness (QED) is 0.0693. The normalized spacial score (nSPS) is 11.4. The molecule has 0 aliphatic heterocycles. The number of amides is 1. The maximum Gasteiger partial charge on any atom is 0.416 e. The summed E-state index contributed by atoms with van der Waals surface area (Å²) >= 11 is 0. The zero-order chi connectivity index (χ0) is 39.8. The van der Waals surface area contributed by atoms with Gasteiger partial charge in [0, 0.05) is 12.2 Å². The van der Waals surface area contributed by atoms with E-state index in [4.69, 9.17) is 47.7 Å².